The van der Waals surface area contributed by atoms with Crippen LogP contribution in [0.5, 0.6) is 0 Å². The van der Waals surface area contributed by atoms with E-state index < -0.39 is 0 Å². The number of rotatable bonds is 5. The van der Waals surface area contributed by atoms with Crippen LogP contribution in [-0.4, -0.2) is 42.4 Å². The predicted octanol–water partition coefficient (Wildman–Crippen LogP) is 5.94. The Kier molecular flexibility index (Phi) is 6.52. The summed E-state index contributed by atoms with van der Waals surface area (Å²) in [6, 6.07) is 0. The first-order chi connectivity index (χ1) is 15.8. The molecule has 4 nitrogen and oxygen atoms in total. The fraction of sp³-hybridized carbons (Fsp3) is 0.862. The normalized spacial score (nSPS) is 43.1. The quantitative estimate of drug-likeness (QED) is 0.481. The largest absolute Gasteiger partial charge is 0.462 e. The van der Waals surface area contributed by atoms with Crippen LogP contribution in [0.4, 0.5) is 0 Å². The number of esters is 1. The highest BCUT2D eigenvalue weighted by molar-refractivity contribution is 5.95. The molecule has 0 N–H and O–H groups in total. The van der Waals surface area contributed by atoms with Gasteiger partial charge in [0.2, 0.25) is 0 Å². The molecule has 1 aliphatic heterocycles. The number of likely N-dealkylation sites (tertiary alicyclic amines) is 1. The molecular formula is C29H45NO3. The number of hydrogen-bond acceptors (Lipinski definition) is 4. The molecule has 1 saturated heterocycles. The number of piperidine rings is 1. The van der Waals surface area contributed by atoms with E-state index >= 15 is 0 Å². The molecule has 0 aromatic carbocycles. The highest BCUT2D eigenvalue weighted by atomic mass is 16.5. The van der Waals surface area contributed by atoms with E-state index in [-0.39, 0.29) is 17.5 Å². The van der Waals surface area contributed by atoms with Crippen molar-refractivity contribution in [1.29, 1.82) is 0 Å². The lowest BCUT2D eigenvalue weighted by Gasteiger charge is -2.60. The molecule has 4 fully saturated rings. The third kappa shape index (κ3) is 4.23. The summed E-state index contributed by atoms with van der Waals surface area (Å²) in [5.74, 6) is 3.16. The molecule has 4 heteroatoms. The maximum Gasteiger partial charge on any atom is 0.307 e. The van der Waals surface area contributed by atoms with Crippen LogP contribution in [-0.2, 0) is 14.3 Å². The van der Waals surface area contributed by atoms with Gasteiger partial charge >= 0.3 is 5.97 Å². The van der Waals surface area contributed by atoms with Crippen LogP contribution in [0.2, 0.25) is 0 Å². The first kappa shape index (κ1) is 23.6. The molecule has 184 valence electrons. The Labute approximate surface area is 200 Å². The minimum absolute atomic E-state index is 0.0186. The third-order valence-electron chi connectivity index (χ3n) is 11.0. The highest BCUT2D eigenvalue weighted by Gasteiger charge is 2.59. The number of fused-ring (bicyclic) bond motifs is 5. The van der Waals surface area contributed by atoms with Gasteiger partial charge in [0.1, 0.15) is 6.10 Å². The summed E-state index contributed by atoms with van der Waals surface area (Å²) >= 11 is 0. The van der Waals surface area contributed by atoms with Gasteiger partial charge in [0.05, 0.1) is 6.42 Å². The molecule has 3 saturated carbocycles. The van der Waals surface area contributed by atoms with Crippen LogP contribution >= 0.6 is 0 Å². The number of carbonyl (C=O) groups excluding carboxylic acids is 2. The third-order valence-corrected chi connectivity index (χ3v) is 11.0. The number of Topliss-reactive ketones (excluding diaryl/α,β-unsaturated/α-hetero) is 1. The van der Waals surface area contributed by atoms with Crippen LogP contribution in [0.15, 0.2) is 11.6 Å². The zero-order valence-corrected chi connectivity index (χ0v) is 21.2. The predicted molar refractivity (Wildman–Crippen MR) is 131 cm³/mol. The molecule has 1 heterocycles. The smallest absolute Gasteiger partial charge is 0.307 e. The van der Waals surface area contributed by atoms with Crippen LogP contribution in [0.3, 0.4) is 0 Å². The van der Waals surface area contributed by atoms with Gasteiger partial charge in [-0.3, -0.25) is 9.59 Å². The topological polar surface area (TPSA) is 46.6 Å². The van der Waals surface area contributed by atoms with Crippen molar-refractivity contribution in [3.63, 3.8) is 0 Å². The van der Waals surface area contributed by atoms with Gasteiger partial charge in [0.15, 0.2) is 5.78 Å². The van der Waals surface area contributed by atoms with Gasteiger partial charge in [-0.2, -0.15) is 0 Å². The lowest BCUT2D eigenvalue weighted by Crippen LogP contribution is -2.54. The van der Waals surface area contributed by atoms with Gasteiger partial charge in [-0.25, -0.2) is 0 Å². The number of nitrogens with zero attached hydrogens (tertiary/aromatic N) is 1. The Morgan fingerprint density at radius 2 is 1.82 bits per heavy atom. The van der Waals surface area contributed by atoms with Crippen LogP contribution in [0, 0.1) is 34.5 Å². The zero-order valence-electron chi connectivity index (χ0n) is 21.2. The monoisotopic (exact) mass is 455 g/mol. The van der Waals surface area contributed by atoms with E-state index in [2.05, 4.69) is 24.8 Å². The average Bonchev–Trinajstić information content (AvgIpc) is 3.16. The molecule has 0 amide bonds. The van der Waals surface area contributed by atoms with Gasteiger partial charge in [-0.1, -0.05) is 26.3 Å². The molecule has 0 spiro atoms. The Hall–Kier alpha value is -1.16. The molecule has 0 aromatic heterocycles. The van der Waals surface area contributed by atoms with E-state index in [1.807, 2.05) is 0 Å². The van der Waals surface area contributed by atoms with Crippen molar-refractivity contribution in [2.75, 3.05) is 19.6 Å². The second kappa shape index (κ2) is 9.13. The number of ether oxygens (including phenoxy) is 1. The minimum Gasteiger partial charge on any atom is -0.462 e. The summed E-state index contributed by atoms with van der Waals surface area (Å²) < 4.78 is 6.03. The molecule has 5 aliphatic rings. The van der Waals surface area contributed by atoms with Crippen LogP contribution < -0.4 is 0 Å². The van der Waals surface area contributed by atoms with Gasteiger partial charge in [-0.15, -0.1) is 0 Å². The number of carbonyl (C=O) groups is 2. The molecule has 0 bridgehead atoms. The first-order valence-corrected chi connectivity index (χ1v) is 13.9. The zero-order chi connectivity index (χ0) is 23.2. The summed E-state index contributed by atoms with van der Waals surface area (Å²) in [7, 11) is 0. The van der Waals surface area contributed by atoms with Gasteiger partial charge < -0.3 is 9.64 Å². The number of ketones is 1. The van der Waals surface area contributed by atoms with Crippen LogP contribution in [0.25, 0.3) is 0 Å². The molecule has 0 aromatic rings. The van der Waals surface area contributed by atoms with Crippen molar-refractivity contribution < 1.29 is 14.3 Å². The van der Waals surface area contributed by atoms with E-state index in [9.17, 15) is 9.59 Å². The van der Waals surface area contributed by atoms with Crippen molar-refractivity contribution in [3.05, 3.63) is 11.6 Å². The van der Waals surface area contributed by atoms with E-state index in [0.717, 1.165) is 56.3 Å². The average molecular weight is 456 g/mol. The summed E-state index contributed by atoms with van der Waals surface area (Å²) in [6.45, 7) is 9.85. The Morgan fingerprint density at radius 1 is 1.03 bits per heavy atom. The maximum absolute atomic E-state index is 12.6. The van der Waals surface area contributed by atoms with Crippen molar-refractivity contribution in [2.45, 2.75) is 104 Å². The van der Waals surface area contributed by atoms with Crippen molar-refractivity contribution in [1.82, 2.24) is 4.90 Å². The van der Waals surface area contributed by atoms with Crippen LogP contribution in [0.1, 0.15) is 97.8 Å². The summed E-state index contributed by atoms with van der Waals surface area (Å²) in [5, 5.41) is 0. The van der Waals surface area contributed by atoms with Gasteiger partial charge in [-0.05, 0) is 124 Å². The lowest BCUT2D eigenvalue weighted by molar-refractivity contribution is -0.161. The van der Waals surface area contributed by atoms with E-state index in [0.29, 0.717) is 29.5 Å². The van der Waals surface area contributed by atoms with Crippen molar-refractivity contribution in [2.24, 2.45) is 34.5 Å². The molecule has 7 atom stereocenters. The molecular weight excluding hydrogens is 410 g/mol. The summed E-state index contributed by atoms with van der Waals surface area (Å²) in [4.78, 5) is 27.3. The molecule has 5 rings (SSSR count). The van der Waals surface area contributed by atoms with Gasteiger partial charge in [0, 0.05) is 6.54 Å². The standard InChI is InChI=1S/C29H45NO3/c1-20(31)24-9-10-25-23-8-7-21-19-22(33-27(32)13-18-30-16-5-4-6-17-30)11-14-28(21,2)26(23)12-15-29(24,25)3/h9,21-23,25-26H,4-8,10-19H2,1-3H3/t21-,22-,23+,25-,26+,28-,29+/m0/s1. The van der Waals surface area contributed by atoms with E-state index in [1.165, 1.54) is 51.4 Å². The second-order valence-corrected chi connectivity index (χ2v) is 12.6. The second-order valence-electron chi connectivity index (χ2n) is 12.6. The Morgan fingerprint density at radius 3 is 2.58 bits per heavy atom. The molecule has 0 radical (unpaired) electrons. The first-order valence-electron chi connectivity index (χ1n) is 13.9. The van der Waals surface area contributed by atoms with E-state index in [4.69, 9.17) is 4.74 Å². The molecule has 4 aliphatic carbocycles. The maximum atomic E-state index is 12.6. The van der Waals surface area contributed by atoms with Gasteiger partial charge in [0.25, 0.3) is 0 Å². The molecule has 0 unspecified atom stereocenters. The highest BCUT2D eigenvalue weighted by Crippen LogP contribution is 2.66. The lowest BCUT2D eigenvalue weighted by atomic mass is 9.44. The van der Waals surface area contributed by atoms with E-state index in [1.54, 1.807) is 6.92 Å². The van der Waals surface area contributed by atoms with Crippen molar-refractivity contribution >= 4 is 11.8 Å². The summed E-state index contributed by atoms with van der Waals surface area (Å²) in [6.07, 6.45) is 16.2. The molecule has 33 heavy (non-hydrogen) atoms. The number of allylic oxidation sites excluding steroid dienone is 2. The minimum atomic E-state index is 0.0186. The fourth-order valence-electron chi connectivity index (χ4n) is 9.12. The number of hydrogen-bond donors (Lipinski definition) is 0. The van der Waals surface area contributed by atoms with Crippen molar-refractivity contribution in [3.8, 4) is 0 Å². The summed E-state index contributed by atoms with van der Waals surface area (Å²) in [5.41, 5.74) is 1.61. The Balaban J connectivity index is 1.18. The SMILES string of the molecule is CC(=O)C1=CC[C@H]2[C@H]3CC[C@H]4C[C@@H](OC(=O)CCN5CCCCC5)CC[C@]4(C)[C@@H]3CC[C@]12C. The fourth-order valence-corrected chi connectivity index (χ4v) is 9.12. The Bertz CT molecular complexity index is 799.